The number of hydrogen-bond acceptors (Lipinski definition) is 3. The van der Waals surface area contributed by atoms with Crippen LogP contribution in [0.3, 0.4) is 0 Å². The minimum Gasteiger partial charge on any atom is -0.355 e. The molecule has 2 unspecified atom stereocenters. The van der Waals surface area contributed by atoms with Gasteiger partial charge in [-0.2, -0.15) is 0 Å². The van der Waals surface area contributed by atoms with Gasteiger partial charge in [-0.05, 0) is 84.4 Å². The second kappa shape index (κ2) is 9.16. The summed E-state index contributed by atoms with van der Waals surface area (Å²) in [6, 6.07) is 6.88. The largest absolute Gasteiger partial charge is 0.355 e. The average molecular weight is 498 g/mol. The first-order valence-electron chi connectivity index (χ1n) is 13.9. The molecule has 2 atom stereocenters. The van der Waals surface area contributed by atoms with Crippen LogP contribution < -0.4 is 5.32 Å². The van der Waals surface area contributed by atoms with E-state index in [1.54, 1.807) is 0 Å². The molecule has 3 heterocycles. The van der Waals surface area contributed by atoms with E-state index in [2.05, 4.69) is 106 Å². The second-order valence-electron chi connectivity index (χ2n) is 12.8. The Hall–Kier alpha value is -2.85. The maximum atomic E-state index is 6.81. The molecule has 2 N–H and O–H groups in total. The molecule has 0 radical (unpaired) electrons. The number of rotatable bonds is 7. The highest BCUT2D eigenvalue weighted by atomic mass is 16.5. The summed E-state index contributed by atoms with van der Waals surface area (Å²) in [7, 11) is 0. The second-order valence-corrected chi connectivity index (χ2v) is 12.8. The van der Waals surface area contributed by atoms with Crippen LogP contribution in [0.25, 0.3) is 16.8 Å². The summed E-state index contributed by atoms with van der Waals surface area (Å²) < 4.78 is 6.81. The highest BCUT2D eigenvalue weighted by Gasteiger charge is 2.50. The number of nitrogens with zero attached hydrogens (tertiary/aromatic N) is 1. The van der Waals surface area contributed by atoms with Crippen molar-refractivity contribution in [3.63, 3.8) is 0 Å². The van der Waals surface area contributed by atoms with E-state index in [1.165, 1.54) is 28.7 Å². The summed E-state index contributed by atoms with van der Waals surface area (Å²) in [5, 5.41) is 3.58. The number of allylic oxidation sites excluding steroid dienone is 2. The van der Waals surface area contributed by atoms with Crippen molar-refractivity contribution >= 4 is 22.5 Å². The van der Waals surface area contributed by atoms with Crippen molar-refractivity contribution in [2.45, 2.75) is 85.4 Å². The fraction of sp³-hybridized carbons (Fsp3) is 0.485. The standard InChI is InChI=1S/C33H43N3O/c1-21(2)32-15-16-33(37-32,22(3)4)19-27(18-32)26-9-10-29(36-24(6)30-34-20-23(5)35-30)28(17-26)25-11-13-31(7,8)14-12-25/h9-11,15-18,20-22,36H,6,12-14,19H2,1-5,7-8H3,(H,34,35). The van der Waals surface area contributed by atoms with Gasteiger partial charge >= 0.3 is 0 Å². The van der Waals surface area contributed by atoms with Gasteiger partial charge in [-0.25, -0.2) is 4.98 Å². The van der Waals surface area contributed by atoms with Crippen LogP contribution in [-0.4, -0.2) is 21.2 Å². The number of imidazole rings is 1. The molecule has 37 heavy (non-hydrogen) atoms. The van der Waals surface area contributed by atoms with E-state index in [1.807, 2.05) is 13.1 Å². The number of benzene rings is 1. The molecule has 196 valence electrons. The zero-order chi connectivity index (χ0) is 26.6. The van der Waals surface area contributed by atoms with Gasteiger partial charge in [0.05, 0.1) is 11.3 Å². The molecule has 0 fully saturated rings. The van der Waals surface area contributed by atoms with E-state index in [9.17, 15) is 0 Å². The Morgan fingerprint density at radius 3 is 2.51 bits per heavy atom. The molecule has 5 rings (SSSR count). The molecular formula is C33H43N3O. The molecule has 2 bridgehead atoms. The number of H-pyrrole nitrogens is 1. The van der Waals surface area contributed by atoms with Gasteiger partial charge in [0, 0.05) is 29.6 Å². The van der Waals surface area contributed by atoms with Crippen molar-refractivity contribution in [1.82, 2.24) is 9.97 Å². The van der Waals surface area contributed by atoms with Gasteiger partial charge in [-0.1, -0.05) is 66.3 Å². The highest BCUT2D eigenvalue weighted by Crippen LogP contribution is 2.51. The lowest BCUT2D eigenvalue weighted by molar-refractivity contribution is -0.110. The minimum absolute atomic E-state index is 0.245. The van der Waals surface area contributed by atoms with Crippen LogP contribution in [0.2, 0.25) is 0 Å². The quantitative estimate of drug-likeness (QED) is 0.377. The van der Waals surface area contributed by atoms with Crippen LogP contribution in [-0.2, 0) is 4.74 Å². The fourth-order valence-electron chi connectivity index (χ4n) is 5.87. The van der Waals surface area contributed by atoms with E-state index in [0.717, 1.165) is 42.2 Å². The molecular weight excluding hydrogens is 454 g/mol. The Morgan fingerprint density at radius 2 is 1.89 bits per heavy atom. The van der Waals surface area contributed by atoms with E-state index < -0.39 is 0 Å². The third kappa shape index (κ3) is 4.77. The summed E-state index contributed by atoms with van der Waals surface area (Å²) >= 11 is 0. The number of fused-ring (bicyclic) bond motifs is 2. The van der Waals surface area contributed by atoms with Crippen molar-refractivity contribution in [2.75, 3.05) is 5.32 Å². The van der Waals surface area contributed by atoms with Crippen LogP contribution in [0, 0.1) is 24.2 Å². The Morgan fingerprint density at radius 1 is 1.11 bits per heavy atom. The Bertz CT molecular complexity index is 1300. The molecule has 2 aromatic rings. The summed E-state index contributed by atoms with van der Waals surface area (Å²) in [5.41, 5.74) is 8.00. The number of ether oxygens (including phenoxy) is 1. The number of aromatic nitrogens is 2. The van der Waals surface area contributed by atoms with E-state index in [4.69, 9.17) is 4.74 Å². The monoisotopic (exact) mass is 497 g/mol. The van der Waals surface area contributed by atoms with Gasteiger partial charge in [-0.3, -0.25) is 0 Å². The normalized spacial score (nSPS) is 26.4. The topological polar surface area (TPSA) is 49.9 Å². The predicted molar refractivity (Wildman–Crippen MR) is 156 cm³/mol. The van der Waals surface area contributed by atoms with Gasteiger partial charge in [0.25, 0.3) is 0 Å². The number of aryl methyl sites for hydroxylation is 1. The summed E-state index contributed by atoms with van der Waals surface area (Å²) in [6.07, 6.45) is 15.6. The lowest BCUT2D eigenvalue weighted by atomic mass is 9.76. The number of anilines is 1. The van der Waals surface area contributed by atoms with E-state index >= 15 is 0 Å². The van der Waals surface area contributed by atoms with Crippen LogP contribution in [0.4, 0.5) is 5.69 Å². The van der Waals surface area contributed by atoms with Crippen molar-refractivity contribution < 1.29 is 4.74 Å². The van der Waals surface area contributed by atoms with Crippen LogP contribution in [0.15, 0.2) is 55.3 Å². The maximum Gasteiger partial charge on any atom is 0.153 e. The number of aromatic amines is 1. The minimum atomic E-state index is -0.339. The Labute approximate surface area is 223 Å². The van der Waals surface area contributed by atoms with Crippen molar-refractivity contribution in [2.24, 2.45) is 17.3 Å². The maximum absolute atomic E-state index is 6.81. The van der Waals surface area contributed by atoms with Crippen molar-refractivity contribution in [1.29, 1.82) is 0 Å². The predicted octanol–water partition coefficient (Wildman–Crippen LogP) is 8.56. The fourth-order valence-corrected chi connectivity index (χ4v) is 5.87. The third-order valence-electron chi connectivity index (χ3n) is 8.72. The molecule has 1 aromatic heterocycles. The van der Waals surface area contributed by atoms with Gasteiger partial charge < -0.3 is 15.0 Å². The average Bonchev–Trinajstić information content (AvgIpc) is 3.41. The van der Waals surface area contributed by atoms with Gasteiger partial charge in [0.2, 0.25) is 0 Å². The summed E-state index contributed by atoms with van der Waals surface area (Å²) in [4.78, 5) is 7.77. The summed E-state index contributed by atoms with van der Waals surface area (Å²) in [6.45, 7) is 20.1. The Balaban J connectivity index is 1.56. The molecule has 3 aliphatic rings. The first-order valence-corrected chi connectivity index (χ1v) is 13.9. The third-order valence-corrected chi connectivity index (χ3v) is 8.72. The van der Waals surface area contributed by atoms with Gasteiger partial charge in [0.15, 0.2) is 5.82 Å². The van der Waals surface area contributed by atoms with Crippen molar-refractivity contribution in [3.8, 4) is 0 Å². The van der Waals surface area contributed by atoms with Crippen LogP contribution >= 0.6 is 0 Å². The lowest BCUT2D eigenvalue weighted by Crippen LogP contribution is -2.45. The van der Waals surface area contributed by atoms with Crippen LogP contribution in [0.1, 0.15) is 89.9 Å². The first-order chi connectivity index (χ1) is 17.4. The van der Waals surface area contributed by atoms with Crippen LogP contribution in [0.5, 0.6) is 0 Å². The molecule has 0 saturated carbocycles. The molecule has 1 aliphatic carbocycles. The summed E-state index contributed by atoms with van der Waals surface area (Å²) in [5.74, 6) is 1.54. The molecule has 1 aromatic carbocycles. The smallest absolute Gasteiger partial charge is 0.153 e. The molecule has 0 amide bonds. The van der Waals surface area contributed by atoms with E-state index in [0.29, 0.717) is 17.3 Å². The SMILES string of the molecule is C=C(Nc1ccc(C2=CC3(C(C)C)C=CC(C(C)C)(C2)O3)cc1C1=CCC(C)(C)CC1)c1ncc(C)[nH]1. The molecule has 0 spiro atoms. The molecule has 4 nitrogen and oxygen atoms in total. The zero-order valence-electron chi connectivity index (χ0n) is 23.7. The first kappa shape index (κ1) is 25.8. The molecule has 2 aliphatic heterocycles. The number of hydrogen-bond donors (Lipinski definition) is 2. The van der Waals surface area contributed by atoms with E-state index in [-0.39, 0.29) is 11.2 Å². The Kier molecular flexibility index (Phi) is 6.39. The van der Waals surface area contributed by atoms with Gasteiger partial charge in [-0.15, -0.1) is 0 Å². The van der Waals surface area contributed by atoms with Crippen molar-refractivity contribution in [3.05, 3.63) is 77.9 Å². The zero-order valence-corrected chi connectivity index (χ0v) is 23.7. The highest BCUT2D eigenvalue weighted by molar-refractivity contribution is 5.86. The van der Waals surface area contributed by atoms with Gasteiger partial charge in [0.1, 0.15) is 5.60 Å². The molecule has 4 heteroatoms. The number of nitrogens with one attached hydrogen (secondary N) is 2. The lowest BCUT2D eigenvalue weighted by Gasteiger charge is -2.44. The molecule has 0 saturated heterocycles.